The molecule has 2 heterocycles. The van der Waals surface area contributed by atoms with Crippen LogP contribution in [0.15, 0.2) is 66.9 Å². The summed E-state index contributed by atoms with van der Waals surface area (Å²) in [5.41, 5.74) is 5.00. The van der Waals surface area contributed by atoms with Crippen LogP contribution in [-0.2, 0) is 29.5 Å². The third-order valence-electron chi connectivity index (χ3n) is 5.97. The Morgan fingerprint density at radius 2 is 1.79 bits per heavy atom. The molecule has 1 unspecified atom stereocenters. The molecule has 1 spiro atoms. The van der Waals surface area contributed by atoms with Crippen LogP contribution in [0.1, 0.15) is 32.7 Å². The lowest BCUT2D eigenvalue weighted by Crippen LogP contribution is -2.35. The molecule has 3 aromatic rings. The zero-order chi connectivity index (χ0) is 19.8. The topological polar surface area (TPSA) is 71.1 Å². The maximum Gasteiger partial charge on any atom is 0.269 e. The van der Waals surface area contributed by atoms with E-state index >= 15 is 0 Å². The van der Waals surface area contributed by atoms with E-state index in [1.54, 1.807) is 6.20 Å². The number of aromatic nitrogens is 1. The summed E-state index contributed by atoms with van der Waals surface area (Å²) in [5, 5.41) is 5.95. The number of carbonyl (C=O) groups is 2. The minimum absolute atomic E-state index is 0.0313. The van der Waals surface area contributed by atoms with Crippen LogP contribution in [0.5, 0.6) is 0 Å². The number of fused-ring (bicyclic) bond motifs is 3. The number of rotatable bonds is 4. The van der Waals surface area contributed by atoms with Gasteiger partial charge < -0.3 is 10.6 Å². The summed E-state index contributed by atoms with van der Waals surface area (Å²) in [6.45, 7) is 0.557. The first-order valence-corrected chi connectivity index (χ1v) is 9.87. The van der Waals surface area contributed by atoms with Gasteiger partial charge in [-0.15, -0.1) is 0 Å². The predicted octanol–water partition coefficient (Wildman–Crippen LogP) is 3.04. The number of benzene rings is 2. The van der Waals surface area contributed by atoms with E-state index in [2.05, 4.69) is 15.6 Å². The number of nitrogens with zero attached hydrogens (tertiary/aromatic N) is 1. The Morgan fingerprint density at radius 3 is 2.66 bits per heavy atom. The molecule has 0 saturated heterocycles. The van der Waals surface area contributed by atoms with Gasteiger partial charge in [-0.05, 0) is 53.6 Å². The Balaban J connectivity index is 1.32. The van der Waals surface area contributed by atoms with Crippen LogP contribution < -0.4 is 10.6 Å². The molecular formula is C24H21N3O2. The Bertz CT molecular complexity index is 1110. The quantitative estimate of drug-likeness (QED) is 0.727. The maximum absolute atomic E-state index is 12.8. The third-order valence-corrected chi connectivity index (χ3v) is 5.97. The van der Waals surface area contributed by atoms with E-state index in [1.807, 2.05) is 60.7 Å². The molecule has 29 heavy (non-hydrogen) atoms. The summed E-state index contributed by atoms with van der Waals surface area (Å²) >= 11 is 0. The zero-order valence-electron chi connectivity index (χ0n) is 15.9. The van der Waals surface area contributed by atoms with Crippen LogP contribution in [0.25, 0.3) is 0 Å². The molecule has 1 aliphatic heterocycles. The smallest absolute Gasteiger partial charge is 0.269 e. The molecule has 5 rings (SSSR count). The lowest BCUT2D eigenvalue weighted by atomic mass is 9.79. The van der Waals surface area contributed by atoms with Gasteiger partial charge in [0.25, 0.3) is 5.91 Å². The van der Waals surface area contributed by atoms with E-state index in [0.717, 1.165) is 28.8 Å². The van der Waals surface area contributed by atoms with E-state index < -0.39 is 5.41 Å². The average Bonchev–Trinajstić information content (AvgIpc) is 3.26. The molecular weight excluding hydrogens is 362 g/mol. The van der Waals surface area contributed by atoms with Crippen molar-refractivity contribution in [1.29, 1.82) is 0 Å². The predicted molar refractivity (Wildman–Crippen MR) is 111 cm³/mol. The Hall–Kier alpha value is -3.47. The summed E-state index contributed by atoms with van der Waals surface area (Å²) in [5.74, 6) is -0.148. The second-order valence-corrected chi connectivity index (χ2v) is 7.77. The second kappa shape index (κ2) is 6.85. The number of hydrogen-bond donors (Lipinski definition) is 2. The van der Waals surface area contributed by atoms with Gasteiger partial charge in [0.05, 0.1) is 5.41 Å². The highest BCUT2D eigenvalue weighted by Gasteiger charge is 2.50. The Labute approximate surface area is 169 Å². The second-order valence-electron chi connectivity index (χ2n) is 7.77. The van der Waals surface area contributed by atoms with E-state index in [9.17, 15) is 9.59 Å². The van der Waals surface area contributed by atoms with Gasteiger partial charge in [0.1, 0.15) is 5.69 Å². The molecule has 0 saturated carbocycles. The minimum atomic E-state index is -0.580. The molecule has 0 bridgehead atoms. The van der Waals surface area contributed by atoms with E-state index in [1.165, 1.54) is 5.56 Å². The number of anilines is 1. The summed E-state index contributed by atoms with van der Waals surface area (Å²) < 4.78 is 0. The number of carbonyl (C=O) groups excluding carboxylic acids is 2. The van der Waals surface area contributed by atoms with Gasteiger partial charge in [0, 0.05) is 18.4 Å². The lowest BCUT2D eigenvalue weighted by Gasteiger charge is -2.20. The number of hydrogen-bond acceptors (Lipinski definition) is 3. The molecule has 1 atom stereocenters. The standard InChI is InChI=1S/C24H21N3O2/c28-22(25-11-10-16-6-2-1-3-7-16)21-12-17-13-24(14-18(17)15-26-21)19-8-4-5-9-20(19)27-23(24)29/h1-9,12,15H,10-11,13-14H2,(H,25,28)(H,27,29). The molecule has 1 aliphatic carbocycles. The highest BCUT2D eigenvalue weighted by atomic mass is 16.2. The van der Waals surface area contributed by atoms with Crippen molar-refractivity contribution in [3.63, 3.8) is 0 Å². The summed E-state index contributed by atoms with van der Waals surface area (Å²) in [6, 6.07) is 19.8. The van der Waals surface area contributed by atoms with Crippen LogP contribution in [-0.4, -0.2) is 23.3 Å². The summed E-state index contributed by atoms with van der Waals surface area (Å²) in [6.07, 6.45) is 3.74. The molecule has 2 aliphatic rings. The van der Waals surface area contributed by atoms with Gasteiger partial charge in [-0.1, -0.05) is 48.5 Å². The molecule has 144 valence electrons. The fourth-order valence-electron chi connectivity index (χ4n) is 4.47. The van der Waals surface area contributed by atoms with Crippen LogP contribution in [0.3, 0.4) is 0 Å². The first-order chi connectivity index (χ1) is 14.2. The van der Waals surface area contributed by atoms with Crippen molar-refractivity contribution in [2.45, 2.75) is 24.7 Å². The Morgan fingerprint density at radius 1 is 1.03 bits per heavy atom. The average molecular weight is 383 g/mol. The highest BCUT2D eigenvalue weighted by Crippen LogP contribution is 2.47. The lowest BCUT2D eigenvalue weighted by molar-refractivity contribution is -0.120. The van der Waals surface area contributed by atoms with Crippen LogP contribution in [0.2, 0.25) is 0 Å². The minimum Gasteiger partial charge on any atom is -0.350 e. The first kappa shape index (κ1) is 17.6. The van der Waals surface area contributed by atoms with E-state index in [-0.39, 0.29) is 11.8 Å². The molecule has 5 heteroatoms. The van der Waals surface area contributed by atoms with Crippen molar-refractivity contribution in [3.05, 3.63) is 94.8 Å². The number of para-hydroxylation sites is 1. The monoisotopic (exact) mass is 383 g/mol. The molecule has 2 amide bonds. The fraction of sp³-hybridized carbons (Fsp3) is 0.208. The van der Waals surface area contributed by atoms with Crippen LogP contribution in [0.4, 0.5) is 5.69 Å². The van der Waals surface area contributed by atoms with Gasteiger partial charge in [-0.2, -0.15) is 0 Å². The number of nitrogens with one attached hydrogen (secondary N) is 2. The largest absolute Gasteiger partial charge is 0.350 e. The summed E-state index contributed by atoms with van der Waals surface area (Å²) in [4.78, 5) is 29.7. The van der Waals surface area contributed by atoms with Crippen molar-refractivity contribution in [2.24, 2.45) is 0 Å². The maximum atomic E-state index is 12.8. The van der Waals surface area contributed by atoms with Gasteiger partial charge in [-0.25, -0.2) is 0 Å². The molecule has 1 aromatic heterocycles. The normalized spacial score (nSPS) is 19.0. The van der Waals surface area contributed by atoms with E-state index in [0.29, 0.717) is 25.1 Å². The summed E-state index contributed by atoms with van der Waals surface area (Å²) in [7, 11) is 0. The molecule has 0 fully saturated rings. The molecule has 0 radical (unpaired) electrons. The van der Waals surface area contributed by atoms with Crippen molar-refractivity contribution in [1.82, 2.24) is 10.3 Å². The van der Waals surface area contributed by atoms with Gasteiger partial charge in [0.2, 0.25) is 5.91 Å². The molecule has 5 nitrogen and oxygen atoms in total. The van der Waals surface area contributed by atoms with E-state index in [4.69, 9.17) is 0 Å². The van der Waals surface area contributed by atoms with Gasteiger partial charge in [0.15, 0.2) is 0 Å². The van der Waals surface area contributed by atoms with Crippen molar-refractivity contribution in [3.8, 4) is 0 Å². The van der Waals surface area contributed by atoms with Crippen LogP contribution >= 0.6 is 0 Å². The SMILES string of the molecule is O=C(NCCc1ccccc1)c1cc2c(cn1)CC1(C2)C(=O)Nc2ccccc21. The number of pyridine rings is 1. The Kier molecular flexibility index (Phi) is 4.16. The fourth-order valence-corrected chi connectivity index (χ4v) is 4.47. The third kappa shape index (κ3) is 2.99. The zero-order valence-corrected chi connectivity index (χ0v) is 15.9. The molecule has 2 aromatic carbocycles. The highest BCUT2D eigenvalue weighted by molar-refractivity contribution is 6.07. The van der Waals surface area contributed by atoms with Gasteiger partial charge >= 0.3 is 0 Å². The first-order valence-electron chi connectivity index (χ1n) is 9.87. The van der Waals surface area contributed by atoms with Crippen molar-refractivity contribution in [2.75, 3.05) is 11.9 Å². The van der Waals surface area contributed by atoms with Crippen molar-refractivity contribution >= 4 is 17.5 Å². The number of amides is 2. The van der Waals surface area contributed by atoms with Crippen molar-refractivity contribution < 1.29 is 9.59 Å². The van der Waals surface area contributed by atoms with Gasteiger partial charge in [-0.3, -0.25) is 14.6 Å². The van der Waals surface area contributed by atoms with Crippen LogP contribution in [0, 0.1) is 0 Å². The molecule has 2 N–H and O–H groups in total.